The van der Waals surface area contributed by atoms with E-state index in [1.54, 1.807) is 26.4 Å². The number of anilines is 1. The van der Waals surface area contributed by atoms with Crippen molar-refractivity contribution in [2.24, 2.45) is 0 Å². The minimum absolute atomic E-state index is 0.0602. The predicted molar refractivity (Wildman–Crippen MR) is 94.4 cm³/mol. The Bertz CT molecular complexity index is 791. The number of hydrogen-bond acceptors (Lipinski definition) is 6. The van der Waals surface area contributed by atoms with Crippen molar-refractivity contribution in [3.05, 3.63) is 47.2 Å². The van der Waals surface area contributed by atoms with E-state index in [2.05, 4.69) is 10.3 Å². The molecule has 0 unspecified atom stereocenters. The van der Waals surface area contributed by atoms with Gasteiger partial charge in [-0.15, -0.1) is 0 Å². The maximum Gasteiger partial charge on any atom is 0.340 e. The van der Waals surface area contributed by atoms with Gasteiger partial charge in [-0.1, -0.05) is 6.92 Å². The number of fused-ring (bicyclic) bond motifs is 1. The molecule has 0 saturated carbocycles. The van der Waals surface area contributed by atoms with Crippen LogP contribution in [0.2, 0.25) is 0 Å². The van der Waals surface area contributed by atoms with Gasteiger partial charge >= 0.3 is 5.97 Å². The zero-order valence-electron chi connectivity index (χ0n) is 14.8. The van der Waals surface area contributed by atoms with Crippen molar-refractivity contribution < 1.29 is 19.0 Å². The number of pyridine rings is 1. The zero-order chi connectivity index (χ0) is 18.0. The lowest BCUT2D eigenvalue weighted by Gasteiger charge is -2.27. The van der Waals surface area contributed by atoms with E-state index in [1.807, 2.05) is 32.0 Å². The lowest BCUT2D eigenvalue weighted by Crippen LogP contribution is -2.29. The van der Waals surface area contributed by atoms with E-state index in [0.29, 0.717) is 17.9 Å². The first-order valence-corrected chi connectivity index (χ1v) is 8.20. The topological polar surface area (TPSA) is 69.7 Å². The van der Waals surface area contributed by atoms with Gasteiger partial charge in [-0.2, -0.15) is 0 Å². The summed E-state index contributed by atoms with van der Waals surface area (Å²) in [7, 11) is 3.25. The molecule has 0 aliphatic carbocycles. The van der Waals surface area contributed by atoms with Gasteiger partial charge in [0.15, 0.2) is 0 Å². The largest absolute Gasteiger partial charge is 0.497 e. The average molecular weight is 342 g/mol. The Labute approximate surface area is 147 Å². The molecule has 25 heavy (non-hydrogen) atoms. The molecule has 1 N–H and O–H groups in total. The van der Waals surface area contributed by atoms with Crippen LogP contribution in [0.3, 0.4) is 0 Å². The molecule has 0 radical (unpaired) electrons. The number of rotatable bonds is 5. The van der Waals surface area contributed by atoms with Gasteiger partial charge in [0.25, 0.3) is 0 Å². The van der Waals surface area contributed by atoms with E-state index in [0.717, 1.165) is 22.8 Å². The van der Waals surface area contributed by atoms with Crippen LogP contribution in [-0.4, -0.2) is 31.3 Å². The van der Waals surface area contributed by atoms with Crippen molar-refractivity contribution in [3.63, 3.8) is 0 Å². The number of carbonyl (C=O) groups is 1. The summed E-state index contributed by atoms with van der Waals surface area (Å²) in [5.74, 6) is 1.95. The molecule has 0 bridgehead atoms. The summed E-state index contributed by atoms with van der Waals surface area (Å²) in [4.78, 5) is 16.6. The van der Waals surface area contributed by atoms with Crippen LogP contribution in [0.5, 0.6) is 11.5 Å². The van der Waals surface area contributed by atoms with Crippen molar-refractivity contribution in [2.75, 3.05) is 19.5 Å². The molecule has 1 aliphatic heterocycles. The lowest BCUT2D eigenvalue weighted by atomic mass is 9.94. The molecule has 1 aromatic heterocycles. The normalized spacial score (nSPS) is 19.0. The molecular formula is C19H22N2O4. The quantitative estimate of drug-likeness (QED) is 0.840. The van der Waals surface area contributed by atoms with Crippen molar-refractivity contribution in [2.45, 2.75) is 32.4 Å². The standard InChI is InChI=1S/C19H22N2O4/c1-11-12(2)25-19(22)15-7-8-17(21-18(11)15)20-10-13-5-6-14(23-3)9-16(13)24-4/h5-9,11-12H,10H2,1-4H3,(H,20,21)/t11-,12-/m0/s1. The molecule has 1 aliphatic rings. The Morgan fingerprint density at radius 1 is 1.16 bits per heavy atom. The number of benzene rings is 1. The molecular weight excluding hydrogens is 320 g/mol. The van der Waals surface area contributed by atoms with E-state index in [-0.39, 0.29) is 18.0 Å². The van der Waals surface area contributed by atoms with Crippen molar-refractivity contribution in [1.82, 2.24) is 4.98 Å². The first-order valence-electron chi connectivity index (χ1n) is 8.20. The van der Waals surface area contributed by atoms with Crippen LogP contribution in [0.4, 0.5) is 5.82 Å². The number of methoxy groups -OCH3 is 2. The van der Waals surface area contributed by atoms with Gasteiger partial charge in [-0.25, -0.2) is 9.78 Å². The van der Waals surface area contributed by atoms with Gasteiger partial charge in [0.05, 0.1) is 25.5 Å². The molecule has 2 atom stereocenters. The van der Waals surface area contributed by atoms with Crippen LogP contribution in [0.25, 0.3) is 0 Å². The van der Waals surface area contributed by atoms with Crippen LogP contribution < -0.4 is 14.8 Å². The summed E-state index contributed by atoms with van der Waals surface area (Å²) in [5, 5.41) is 3.29. The second-order valence-electron chi connectivity index (χ2n) is 6.06. The number of nitrogens with zero attached hydrogens (tertiary/aromatic N) is 1. The summed E-state index contributed by atoms with van der Waals surface area (Å²) in [5.41, 5.74) is 2.30. The maximum absolute atomic E-state index is 12.0. The van der Waals surface area contributed by atoms with Crippen LogP contribution in [0.1, 0.15) is 41.4 Å². The fraction of sp³-hybridized carbons (Fsp3) is 0.368. The van der Waals surface area contributed by atoms with Crippen LogP contribution >= 0.6 is 0 Å². The summed E-state index contributed by atoms with van der Waals surface area (Å²) >= 11 is 0. The first-order chi connectivity index (χ1) is 12.0. The third-order valence-electron chi connectivity index (χ3n) is 4.53. The summed E-state index contributed by atoms with van der Waals surface area (Å²) in [6.07, 6.45) is -0.176. The average Bonchev–Trinajstić information content (AvgIpc) is 2.64. The smallest absolute Gasteiger partial charge is 0.340 e. The highest BCUT2D eigenvalue weighted by Gasteiger charge is 2.31. The van der Waals surface area contributed by atoms with E-state index in [1.165, 1.54) is 0 Å². The highest BCUT2D eigenvalue weighted by molar-refractivity contribution is 5.92. The number of esters is 1. The predicted octanol–water partition coefficient (Wildman–Crippen LogP) is 3.37. The SMILES string of the molecule is COc1ccc(CNc2ccc3c(n2)[C@@H](C)[C@H](C)OC3=O)c(OC)c1. The van der Waals surface area contributed by atoms with Crippen molar-refractivity contribution >= 4 is 11.8 Å². The Kier molecular flexibility index (Phi) is 4.79. The third-order valence-corrected chi connectivity index (χ3v) is 4.53. The number of cyclic esters (lactones) is 1. The Balaban J connectivity index is 1.80. The van der Waals surface area contributed by atoms with Crippen molar-refractivity contribution in [3.8, 4) is 11.5 Å². The van der Waals surface area contributed by atoms with Gasteiger partial charge in [-0.3, -0.25) is 0 Å². The Hall–Kier alpha value is -2.76. The van der Waals surface area contributed by atoms with Gasteiger partial charge in [0.1, 0.15) is 23.4 Å². The van der Waals surface area contributed by atoms with Gasteiger partial charge in [0, 0.05) is 24.1 Å². The van der Waals surface area contributed by atoms with Crippen LogP contribution in [0.15, 0.2) is 30.3 Å². The first kappa shape index (κ1) is 17.1. The number of hydrogen-bond donors (Lipinski definition) is 1. The molecule has 0 spiro atoms. The third kappa shape index (κ3) is 3.38. The fourth-order valence-electron chi connectivity index (χ4n) is 2.83. The molecule has 6 nitrogen and oxygen atoms in total. The molecule has 132 valence electrons. The Morgan fingerprint density at radius 2 is 1.96 bits per heavy atom. The monoisotopic (exact) mass is 342 g/mol. The molecule has 1 aromatic carbocycles. The number of carbonyl (C=O) groups excluding carboxylic acids is 1. The number of aromatic nitrogens is 1. The van der Waals surface area contributed by atoms with Crippen molar-refractivity contribution in [1.29, 1.82) is 0 Å². The van der Waals surface area contributed by atoms with Crippen LogP contribution in [-0.2, 0) is 11.3 Å². The highest BCUT2D eigenvalue weighted by Crippen LogP contribution is 2.31. The molecule has 0 fully saturated rings. The van der Waals surface area contributed by atoms with E-state index >= 15 is 0 Å². The Morgan fingerprint density at radius 3 is 2.68 bits per heavy atom. The minimum Gasteiger partial charge on any atom is -0.497 e. The van der Waals surface area contributed by atoms with E-state index < -0.39 is 0 Å². The molecule has 3 rings (SSSR count). The zero-order valence-corrected chi connectivity index (χ0v) is 14.8. The number of nitrogens with one attached hydrogen (secondary N) is 1. The second kappa shape index (κ2) is 7.01. The second-order valence-corrected chi connectivity index (χ2v) is 6.06. The highest BCUT2D eigenvalue weighted by atomic mass is 16.5. The fourth-order valence-corrected chi connectivity index (χ4v) is 2.83. The van der Waals surface area contributed by atoms with E-state index in [9.17, 15) is 4.79 Å². The van der Waals surface area contributed by atoms with Gasteiger partial charge in [0.2, 0.25) is 0 Å². The lowest BCUT2D eigenvalue weighted by molar-refractivity contribution is 0.0235. The minimum atomic E-state index is -0.309. The van der Waals surface area contributed by atoms with Crippen LogP contribution in [0, 0.1) is 0 Å². The summed E-state index contributed by atoms with van der Waals surface area (Å²) in [6.45, 7) is 4.45. The maximum atomic E-state index is 12.0. The van der Waals surface area contributed by atoms with E-state index in [4.69, 9.17) is 14.2 Å². The van der Waals surface area contributed by atoms with Gasteiger partial charge < -0.3 is 19.5 Å². The summed E-state index contributed by atoms with van der Waals surface area (Å²) < 4.78 is 15.9. The number of ether oxygens (including phenoxy) is 3. The van der Waals surface area contributed by atoms with Gasteiger partial charge in [-0.05, 0) is 31.2 Å². The molecule has 2 aromatic rings. The molecule has 2 heterocycles. The molecule has 0 amide bonds. The molecule has 0 saturated heterocycles. The summed E-state index contributed by atoms with van der Waals surface area (Å²) in [6, 6.07) is 9.24. The molecule has 6 heteroatoms.